The van der Waals surface area contributed by atoms with Gasteiger partial charge in [0.05, 0.1) is 6.20 Å². The summed E-state index contributed by atoms with van der Waals surface area (Å²) < 4.78 is 0. The van der Waals surface area contributed by atoms with E-state index < -0.39 is 0 Å². The number of hydrogen-bond acceptors (Lipinski definition) is 5. The predicted molar refractivity (Wildman–Crippen MR) is 86.5 cm³/mol. The number of benzene rings is 1. The van der Waals surface area contributed by atoms with E-state index in [2.05, 4.69) is 45.1 Å². The van der Waals surface area contributed by atoms with Gasteiger partial charge >= 0.3 is 0 Å². The highest BCUT2D eigenvalue weighted by Gasteiger charge is 2.20. The van der Waals surface area contributed by atoms with E-state index in [0.717, 1.165) is 50.3 Å². The Hall–Kier alpha value is -1.72. The van der Waals surface area contributed by atoms with Gasteiger partial charge in [0, 0.05) is 49.5 Å². The van der Waals surface area contributed by atoms with Gasteiger partial charge in [0.25, 0.3) is 0 Å². The summed E-state index contributed by atoms with van der Waals surface area (Å²) in [6.45, 7) is 7.19. The minimum atomic E-state index is 0.286. The minimum Gasteiger partial charge on any atom is -0.352 e. The van der Waals surface area contributed by atoms with Crippen molar-refractivity contribution in [3.8, 4) is 0 Å². The summed E-state index contributed by atoms with van der Waals surface area (Å²) in [6.07, 6.45) is 2.87. The smallest absolute Gasteiger partial charge is 0.159 e. The molecule has 21 heavy (non-hydrogen) atoms. The average molecular weight is 285 g/mol. The molecule has 1 aliphatic rings. The Morgan fingerprint density at radius 1 is 1.19 bits per heavy atom. The van der Waals surface area contributed by atoms with Gasteiger partial charge in [-0.05, 0) is 6.42 Å². The van der Waals surface area contributed by atoms with Crippen molar-refractivity contribution in [2.24, 2.45) is 5.73 Å². The van der Waals surface area contributed by atoms with Crippen molar-refractivity contribution in [2.45, 2.75) is 19.4 Å². The zero-order valence-electron chi connectivity index (χ0n) is 12.6. The summed E-state index contributed by atoms with van der Waals surface area (Å²) in [5.41, 5.74) is 6.05. The van der Waals surface area contributed by atoms with Crippen LogP contribution in [0.1, 0.15) is 13.3 Å². The quantitative estimate of drug-likeness (QED) is 0.922. The van der Waals surface area contributed by atoms with Gasteiger partial charge in [-0.25, -0.2) is 0 Å². The Labute approximate surface area is 125 Å². The lowest BCUT2D eigenvalue weighted by atomic mass is 10.1. The van der Waals surface area contributed by atoms with E-state index in [0.29, 0.717) is 0 Å². The van der Waals surface area contributed by atoms with Crippen LogP contribution in [0.3, 0.4) is 0 Å². The molecule has 0 aliphatic carbocycles. The van der Waals surface area contributed by atoms with Crippen molar-refractivity contribution in [2.75, 3.05) is 37.6 Å². The fourth-order valence-electron chi connectivity index (χ4n) is 2.85. The molecule has 112 valence electrons. The van der Waals surface area contributed by atoms with E-state index in [1.54, 1.807) is 0 Å². The molecular weight excluding hydrogens is 262 g/mol. The number of piperazine rings is 1. The number of aromatic nitrogens is 2. The standard InChI is InChI=1S/C16H23N5/c1-2-14(17)12-20-7-9-21(10-8-20)16-15-6-4-3-5-13(15)11-18-19-16/h3-6,11,14H,2,7-10,12,17H2,1H3. The Morgan fingerprint density at radius 3 is 2.71 bits per heavy atom. The van der Waals surface area contributed by atoms with E-state index in [4.69, 9.17) is 5.73 Å². The Balaban J connectivity index is 1.71. The van der Waals surface area contributed by atoms with Crippen LogP contribution in [0, 0.1) is 0 Å². The van der Waals surface area contributed by atoms with Crippen LogP contribution in [0.5, 0.6) is 0 Å². The monoisotopic (exact) mass is 285 g/mol. The van der Waals surface area contributed by atoms with E-state index >= 15 is 0 Å². The first-order valence-corrected chi connectivity index (χ1v) is 7.71. The molecule has 1 aromatic heterocycles. The molecule has 0 bridgehead atoms. The maximum absolute atomic E-state index is 6.05. The number of anilines is 1. The number of rotatable bonds is 4. The maximum atomic E-state index is 6.05. The van der Waals surface area contributed by atoms with E-state index in [1.165, 1.54) is 5.39 Å². The second-order valence-electron chi connectivity index (χ2n) is 5.71. The third-order valence-electron chi connectivity index (χ3n) is 4.24. The number of nitrogens with two attached hydrogens (primary N) is 1. The highest BCUT2D eigenvalue weighted by molar-refractivity contribution is 5.91. The summed E-state index contributed by atoms with van der Waals surface area (Å²) >= 11 is 0. The molecule has 0 saturated carbocycles. The summed E-state index contributed by atoms with van der Waals surface area (Å²) in [5, 5.41) is 10.8. The largest absolute Gasteiger partial charge is 0.352 e. The lowest BCUT2D eigenvalue weighted by Gasteiger charge is -2.36. The predicted octanol–water partition coefficient (Wildman–Crippen LogP) is 1.49. The van der Waals surface area contributed by atoms with E-state index in [9.17, 15) is 0 Å². The first-order chi connectivity index (χ1) is 10.3. The van der Waals surface area contributed by atoms with Gasteiger partial charge in [0.15, 0.2) is 5.82 Å². The molecule has 1 aromatic carbocycles. The van der Waals surface area contributed by atoms with Crippen LogP contribution in [0.2, 0.25) is 0 Å². The van der Waals surface area contributed by atoms with Gasteiger partial charge in [-0.3, -0.25) is 4.90 Å². The molecule has 1 unspecified atom stereocenters. The molecule has 2 heterocycles. The van der Waals surface area contributed by atoms with Crippen LogP contribution in [0.15, 0.2) is 30.5 Å². The van der Waals surface area contributed by atoms with Gasteiger partial charge in [-0.2, -0.15) is 5.10 Å². The topological polar surface area (TPSA) is 58.3 Å². The van der Waals surface area contributed by atoms with Crippen molar-refractivity contribution in [3.63, 3.8) is 0 Å². The molecule has 0 spiro atoms. The van der Waals surface area contributed by atoms with Crippen LogP contribution in [-0.4, -0.2) is 53.9 Å². The molecule has 2 N–H and O–H groups in total. The van der Waals surface area contributed by atoms with Crippen LogP contribution in [0.25, 0.3) is 10.8 Å². The normalized spacial score (nSPS) is 18.1. The highest BCUT2D eigenvalue weighted by Crippen LogP contribution is 2.23. The van der Waals surface area contributed by atoms with Gasteiger partial charge < -0.3 is 10.6 Å². The number of hydrogen-bond donors (Lipinski definition) is 1. The zero-order valence-corrected chi connectivity index (χ0v) is 12.6. The van der Waals surface area contributed by atoms with Crippen molar-refractivity contribution in [1.82, 2.24) is 15.1 Å². The van der Waals surface area contributed by atoms with Gasteiger partial charge in [-0.15, -0.1) is 5.10 Å². The van der Waals surface area contributed by atoms with Crippen molar-refractivity contribution >= 4 is 16.6 Å². The maximum Gasteiger partial charge on any atom is 0.159 e. The third-order valence-corrected chi connectivity index (χ3v) is 4.24. The molecule has 1 fully saturated rings. The molecule has 2 aromatic rings. The van der Waals surface area contributed by atoms with Crippen LogP contribution >= 0.6 is 0 Å². The van der Waals surface area contributed by atoms with Crippen LogP contribution in [-0.2, 0) is 0 Å². The second kappa shape index (κ2) is 6.37. The summed E-state index contributed by atoms with van der Waals surface area (Å²) in [6, 6.07) is 8.60. The highest BCUT2D eigenvalue weighted by atomic mass is 15.3. The van der Waals surface area contributed by atoms with Crippen molar-refractivity contribution in [3.05, 3.63) is 30.5 Å². The first kappa shape index (κ1) is 14.2. The fourth-order valence-corrected chi connectivity index (χ4v) is 2.85. The van der Waals surface area contributed by atoms with Crippen molar-refractivity contribution in [1.29, 1.82) is 0 Å². The SMILES string of the molecule is CCC(N)CN1CCN(c2nncc3ccccc23)CC1. The molecule has 5 heteroatoms. The Morgan fingerprint density at radius 2 is 1.95 bits per heavy atom. The van der Waals surface area contributed by atoms with Crippen LogP contribution in [0.4, 0.5) is 5.82 Å². The molecule has 1 saturated heterocycles. The van der Waals surface area contributed by atoms with E-state index in [-0.39, 0.29) is 6.04 Å². The van der Waals surface area contributed by atoms with Crippen molar-refractivity contribution < 1.29 is 0 Å². The zero-order chi connectivity index (χ0) is 14.7. The summed E-state index contributed by atoms with van der Waals surface area (Å²) in [4.78, 5) is 4.78. The minimum absolute atomic E-state index is 0.286. The molecule has 1 atom stereocenters. The third kappa shape index (κ3) is 3.14. The van der Waals surface area contributed by atoms with E-state index in [1.807, 2.05) is 12.3 Å². The van der Waals surface area contributed by atoms with Gasteiger partial charge in [0.2, 0.25) is 0 Å². The molecule has 0 amide bonds. The number of fused-ring (bicyclic) bond motifs is 1. The average Bonchev–Trinajstić information content (AvgIpc) is 2.55. The van der Waals surface area contributed by atoms with Gasteiger partial charge in [0.1, 0.15) is 0 Å². The lowest BCUT2D eigenvalue weighted by Crippen LogP contribution is -2.50. The number of nitrogens with zero attached hydrogens (tertiary/aromatic N) is 4. The Bertz CT molecular complexity index is 587. The molecule has 3 rings (SSSR count). The van der Waals surface area contributed by atoms with Crippen LogP contribution < -0.4 is 10.6 Å². The lowest BCUT2D eigenvalue weighted by molar-refractivity contribution is 0.240. The summed E-state index contributed by atoms with van der Waals surface area (Å²) in [7, 11) is 0. The second-order valence-corrected chi connectivity index (χ2v) is 5.71. The molecule has 5 nitrogen and oxygen atoms in total. The molecular formula is C16H23N5. The van der Waals surface area contributed by atoms with Gasteiger partial charge in [-0.1, -0.05) is 31.2 Å². The molecule has 0 radical (unpaired) electrons. The fraction of sp³-hybridized carbons (Fsp3) is 0.500. The molecule has 1 aliphatic heterocycles. The Kier molecular flexibility index (Phi) is 4.31. The first-order valence-electron chi connectivity index (χ1n) is 7.71. The summed E-state index contributed by atoms with van der Waals surface area (Å²) in [5.74, 6) is 1.01.